The molecule has 1 fully saturated rings. The van der Waals surface area contributed by atoms with Crippen molar-refractivity contribution in [1.29, 1.82) is 0 Å². The minimum absolute atomic E-state index is 0.00586. The van der Waals surface area contributed by atoms with Crippen LogP contribution in [0, 0.1) is 0 Å². The number of hydroxylamine groups is 2. The fourth-order valence-electron chi connectivity index (χ4n) is 1.97. The lowest BCUT2D eigenvalue weighted by Crippen LogP contribution is -2.58. The zero-order chi connectivity index (χ0) is 14.8. The van der Waals surface area contributed by atoms with E-state index in [0.29, 0.717) is 5.06 Å². The molecule has 110 valence electrons. The Morgan fingerprint density at radius 3 is 2.85 bits per heavy atom. The van der Waals surface area contributed by atoms with Crippen LogP contribution in [0.3, 0.4) is 0 Å². The number of amides is 1. The second-order valence-corrected chi connectivity index (χ2v) is 4.27. The van der Waals surface area contributed by atoms with Crippen molar-refractivity contribution in [3.8, 4) is 0 Å². The smallest absolute Gasteiger partial charge is 0.306 e. The van der Waals surface area contributed by atoms with Crippen molar-refractivity contribution in [2.75, 3.05) is 18.5 Å². The number of nitrogens with zero attached hydrogens (tertiary/aromatic N) is 2. The number of hydrogen-bond acceptors (Lipinski definition) is 4. The van der Waals surface area contributed by atoms with Gasteiger partial charge in [-0.15, -0.1) is 5.06 Å². The van der Waals surface area contributed by atoms with Gasteiger partial charge in [-0.2, -0.15) is 0 Å². The van der Waals surface area contributed by atoms with E-state index in [0.717, 1.165) is 0 Å². The largest absolute Gasteiger partial charge is 0.327 e. The van der Waals surface area contributed by atoms with Crippen LogP contribution in [-0.2, 0) is 9.63 Å². The first-order valence-electron chi connectivity index (χ1n) is 6.11. The van der Waals surface area contributed by atoms with Crippen LogP contribution in [0.1, 0.15) is 13.3 Å². The normalized spacial score (nSPS) is 25.6. The minimum Gasteiger partial charge on any atom is -0.306 e. The number of aromatic nitrogens is 1. The van der Waals surface area contributed by atoms with Crippen LogP contribution in [0.5, 0.6) is 0 Å². The van der Waals surface area contributed by atoms with E-state index >= 15 is 0 Å². The molecule has 1 aliphatic heterocycles. The molecule has 8 heteroatoms. The fraction of sp³-hybridized carbons (Fsp3) is 0.500. The summed E-state index contributed by atoms with van der Waals surface area (Å²) in [7, 11) is 0. The summed E-state index contributed by atoms with van der Waals surface area (Å²) < 4.78 is 42.1. The Bertz CT molecular complexity index is 486. The van der Waals surface area contributed by atoms with Crippen molar-refractivity contribution in [3.05, 3.63) is 24.4 Å². The summed E-state index contributed by atoms with van der Waals surface area (Å²) in [6.07, 6.45) is 0.562. The maximum atomic E-state index is 14.6. The molecule has 1 aromatic heterocycles. The molecule has 1 aromatic rings. The molecule has 0 bridgehead atoms. The third-order valence-electron chi connectivity index (χ3n) is 2.95. The summed E-state index contributed by atoms with van der Waals surface area (Å²) in [5, 5.41) is 2.44. The third-order valence-corrected chi connectivity index (χ3v) is 2.95. The highest BCUT2D eigenvalue weighted by molar-refractivity contribution is 5.97. The van der Waals surface area contributed by atoms with Crippen molar-refractivity contribution < 1.29 is 22.8 Å². The van der Waals surface area contributed by atoms with Gasteiger partial charge in [-0.25, -0.2) is 18.2 Å². The minimum atomic E-state index is -3.83. The van der Waals surface area contributed by atoms with Gasteiger partial charge in [-0.05, 0) is 19.1 Å². The summed E-state index contributed by atoms with van der Waals surface area (Å²) in [4.78, 5) is 20.5. The van der Waals surface area contributed by atoms with Crippen molar-refractivity contribution in [3.63, 3.8) is 0 Å². The van der Waals surface area contributed by atoms with E-state index in [1.54, 1.807) is 12.1 Å². The standard InChI is InChI=1S/C12H14F3N3O2/c1-2-20-18-8-6-11(13,14)12(18,15)10(19)17-9-5-3-4-7-16-9/h3-5,7H,2,6,8H2,1H3,(H,16,17,19). The predicted octanol–water partition coefficient (Wildman–Crippen LogP) is 1.98. The third kappa shape index (κ3) is 2.36. The van der Waals surface area contributed by atoms with Gasteiger partial charge in [0.2, 0.25) is 0 Å². The Morgan fingerprint density at radius 2 is 2.25 bits per heavy atom. The Balaban J connectivity index is 2.24. The quantitative estimate of drug-likeness (QED) is 0.861. The molecule has 1 amide bonds. The molecule has 5 nitrogen and oxygen atoms in total. The number of carbonyl (C=O) groups is 1. The molecule has 1 aliphatic rings. The Morgan fingerprint density at radius 1 is 1.50 bits per heavy atom. The summed E-state index contributed by atoms with van der Waals surface area (Å²) in [6.45, 7) is 1.14. The first-order chi connectivity index (χ1) is 9.41. The monoisotopic (exact) mass is 289 g/mol. The number of carbonyl (C=O) groups excluding carboxylic acids is 1. The molecule has 2 rings (SSSR count). The van der Waals surface area contributed by atoms with Gasteiger partial charge in [-0.1, -0.05) is 6.07 Å². The van der Waals surface area contributed by atoms with Gasteiger partial charge in [0.15, 0.2) is 0 Å². The van der Waals surface area contributed by atoms with E-state index in [1.807, 2.05) is 5.32 Å². The lowest BCUT2D eigenvalue weighted by atomic mass is 10.1. The van der Waals surface area contributed by atoms with Gasteiger partial charge in [0.25, 0.3) is 5.91 Å². The molecule has 0 radical (unpaired) electrons. The Kier molecular flexibility index (Phi) is 3.96. The molecule has 20 heavy (non-hydrogen) atoms. The zero-order valence-electron chi connectivity index (χ0n) is 10.8. The molecule has 0 spiro atoms. The first kappa shape index (κ1) is 14.7. The number of halogens is 3. The van der Waals surface area contributed by atoms with Crippen molar-refractivity contribution in [2.24, 2.45) is 0 Å². The summed E-state index contributed by atoms with van der Waals surface area (Å²) in [5.41, 5.74) is 0. The van der Waals surface area contributed by atoms with Crippen LogP contribution < -0.4 is 5.32 Å². The highest BCUT2D eigenvalue weighted by Gasteiger charge is 2.69. The van der Waals surface area contributed by atoms with Gasteiger partial charge < -0.3 is 5.32 Å². The maximum Gasteiger partial charge on any atom is 0.327 e. The van der Waals surface area contributed by atoms with Crippen LogP contribution >= 0.6 is 0 Å². The number of anilines is 1. The lowest BCUT2D eigenvalue weighted by molar-refractivity contribution is -0.274. The van der Waals surface area contributed by atoms with E-state index in [4.69, 9.17) is 4.84 Å². The molecule has 0 saturated carbocycles. The molecule has 1 N–H and O–H groups in total. The highest BCUT2D eigenvalue weighted by atomic mass is 19.3. The Labute approximate surface area is 113 Å². The second kappa shape index (κ2) is 5.37. The average Bonchev–Trinajstić information content (AvgIpc) is 2.65. The molecular weight excluding hydrogens is 275 g/mol. The molecule has 0 aliphatic carbocycles. The number of pyridine rings is 1. The fourth-order valence-corrected chi connectivity index (χ4v) is 1.97. The summed E-state index contributed by atoms with van der Waals surface area (Å²) >= 11 is 0. The number of alkyl halides is 3. The van der Waals surface area contributed by atoms with E-state index in [2.05, 4.69) is 4.98 Å². The first-order valence-corrected chi connectivity index (χ1v) is 6.11. The molecule has 0 aromatic carbocycles. The second-order valence-electron chi connectivity index (χ2n) is 4.27. The van der Waals surface area contributed by atoms with Crippen molar-refractivity contribution in [1.82, 2.24) is 10.0 Å². The summed E-state index contributed by atoms with van der Waals surface area (Å²) in [6, 6.07) is 4.50. The van der Waals surface area contributed by atoms with E-state index in [9.17, 15) is 18.0 Å². The van der Waals surface area contributed by atoms with E-state index < -0.39 is 24.0 Å². The number of nitrogens with one attached hydrogen (secondary N) is 1. The van der Waals surface area contributed by atoms with E-state index in [1.165, 1.54) is 19.2 Å². The van der Waals surface area contributed by atoms with Crippen LogP contribution in [0.4, 0.5) is 19.0 Å². The molecular formula is C12H14F3N3O2. The van der Waals surface area contributed by atoms with E-state index in [-0.39, 0.29) is 19.0 Å². The average molecular weight is 289 g/mol. The number of rotatable bonds is 4. The van der Waals surface area contributed by atoms with Gasteiger partial charge in [0.1, 0.15) is 5.82 Å². The van der Waals surface area contributed by atoms with Gasteiger partial charge >= 0.3 is 11.7 Å². The van der Waals surface area contributed by atoms with Crippen LogP contribution in [0.15, 0.2) is 24.4 Å². The van der Waals surface area contributed by atoms with Crippen LogP contribution in [-0.4, -0.2) is 40.8 Å². The maximum absolute atomic E-state index is 14.6. The molecule has 1 unspecified atom stereocenters. The SMILES string of the molecule is CCON1CCC(F)(F)C1(F)C(=O)Nc1ccccn1. The van der Waals surface area contributed by atoms with Crippen molar-refractivity contribution in [2.45, 2.75) is 25.1 Å². The molecule has 1 atom stereocenters. The lowest BCUT2D eigenvalue weighted by Gasteiger charge is -2.31. The zero-order valence-corrected chi connectivity index (χ0v) is 10.8. The van der Waals surface area contributed by atoms with Gasteiger partial charge in [0, 0.05) is 19.2 Å². The molecule has 2 heterocycles. The predicted molar refractivity (Wildman–Crippen MR) is 64.6 cm³/mol. The van der Waals surface area contributed by atoms with Gasteiger partial charge in [-0.3, -0.25) is 9.63 Å². The Hall–Kier alpha value is -1.67. The highest BCUT2D eigenvalue weighted by Crippen LogP contribution is 2.44. The molecule has 1 saturated heterocycles. The number of hydrogen-bond donors (Lipinski definition) is 1. The van der Waals surface area contributed by atoms with Crippen molar-refractivity contribution >= 4 is 11.7 Å². The summed E-state index contributed by atoms with van der Waals surface area (Å²) in [5.74, 6) is -8.87. The van der Waals surface area contributed by atoms with Gasteiger partial charge in [0.05, 0.1) is 6.61 Å². The van der Waals surface area contributed by atoms with Crippen LogP contribution in [0.2, 0.25) is 0 Å². The topological polar surface area (TPSA) is 54.5 Å². The van der Waals surface area contributed by atoms with Crippen LogP contribution in [0.25, 0.3) is 0 Å².